The number of hydrogen-bond donors (Lipinski definition) is 0. The maximum absolute atomic E-state index is 5.71. The van der Waals surface area contributed by atoms with Crippen LogP contribution >= 0.6 is 11.8 Å². The molecule has 2 rings (SSSR count). The van der Waals surface area contributed by atoms with Crippen LogP contribution in [0.5, 0.6) is 5.88 Å². The number of imidazole rings is 1. The molecule has 21 heavy (non-hydrogen) atoms. The molecule has 0 saturated heterocycles. The number of hydrogen-bond acceptors (Lipinski definition) is 5. The van der Waals surface area contributed by atoms with Crippen molar-refractivity contribution in [3.05, 3.63) is 12.4 Å². The van der Waals surface area contributed by atoms with Crippen LogP contribution in [0.15, 0.2) is 17.6 Å². The van der Waals surface area contributed by atoms with E-state index >= 15 is 0 Å². The van der Waals surface area contributed by atoms with Gasteiger partial charge in [0.25, 0.3) is 5.88 Å². The molecule has 0 amide bonds. The van der Waals surface area contributed by atoms with Crippen LogP contribution in [-0.2, 0) is 0 Å². The van der Waals surface area contributed by atoms with Crippen LogP contribution < -0.4 is 4.74 Å². The number of nitrogens with zero attached hydrogens (tertiary/aromatic N) is 4. The molecule has 2 aromatic heterocycles. The van der Waals surface area contributed by atoms with E-state index in [9.17, 15) is 0 Å². The zero-order valence-electron chi connectivity index (χ0n) is 12.9. The fourth-order valence-electron chi connectivity index (χ4n) is 2.03. The van der Waals surface area contributed by atoms with Gasteiger partial charge in [0.2, 0.25) is 5.65 Å². The third-order valence-electron chi connectivity index (χ3n) is 3.23. The zero-order valence-corrected chi connectivity index (χ0v) is 13.7. The molecule has 0 aliphatic carbocycles. The van der Waals surface area contributed by atoms with E-state index in [1.165, 1.54) is 32.1 Å². The van der Waals surface area contributed by atoms with Crippen LogP contribution in [0.1, 0.15) is 52.4 Å². The Morgan fingerprint density at radius 3 is 2.71 bits per heavy atom. The van der Waals surface area contributed by atoms with Gasteiger partial charge in [0.1, 0.15) is 0 Å². The van der Waals surface area contributed by atoms with E-state index in [1.807, 2.05) is 10.6 Å². The van der Waals surface area contributed by atoms with Crippen molar-refractivity contribution < 1.29 is 4.74 Å². The van der Waals surface area contributed by atoms with Gasteiger partial charge in [-0.15, -0.1) is 10.2 Å². The summed E-state index contributed by atoms with van der Waals surface area (Å²) in [6.45, 7) is 5.06. The minimum Gasteiger partial charge on any atom is -0.474 e. The molecule has 0 bridgehead atoms. The molecule has 0 aromatic carbocycles. The normalized spacial score (nSPS) is 11.1. The first-order valence-corrected chi connectivity index (χ1v) is 8.80. The van der Waals surface area contributed by atoms with E-state index in [2.05, 4.69) is 29.0 Å². The van der Waals surface area contributed by atoms with Gasteiger partial charge in [-0.25, -0.2) is 4.98 Å². The SMILES string of the molecule is CCCCCOc1nnc(SCCCCC)n2ccnc12. The van der Waals surface area contributed by atoms with Gasteiger partial charge in [-0.3, -0.25) is 4.40 Å². The summed E-state index contributed by atoms with van der Waals surface area (Å²) in [5.41, 5.74) is 0.763. The smallest absolute Gasteiger partial charge is 0.277 e. The number of thioether (sulfide) groups is 1. The van der Waals surface area contributed by atoms with E-state index in [0.29, 0.717) is 12.5 Å². The van der Waals surface area contributed by atoms with Crippen molar-refractivity contribution in [2.45, 2.75) is 57.5 Å². The summed E-state index contributed by atoms with van der Waals surface area (Å²) in [5.74, 6) is 1.60. The summed E-state index contributed by atoms with van der Waals surface area (Å²) in [4.78, 5) is 4.34. The van der Waals surface area contributed by atoms with E-state index in [4.69, 9.17) is 4.74 Å². The Labute approximate surface area is 130 Å². The van der Waals surface area contributed by atoms with Crippen molar-refractivity contribution in [1.82, 2.24) is 19.6 Å². The van der Waals surface area contributed by atoms with E-state index in [-0.39, 0.29) is 0 Å². The van der Waals surface area contributed by atoms with Crippen molar-refractivity contribution in [2.24, 2.45) is 0 Å². The monoisotopic (exact) mass is 308 g/mol. The van der Waals surface area contributed by atoms with E-state index in [0.717, 1.165) is 23.0 Å². The number of unbranched alkanes of at least 4 members (excludes halogenated alkanes) is 4. The lowest BCUT2D eigenvalue weighted by molar-refractivity contribution is 0.291. The highest BCUT2D eigenvalue weighted by Crippen LogP contribution is 2.22. The summed E-state index contributed by atoms with van der Waals surface area (Å²) < 4.78 is 7.68. The third kappa shape index (κ3) is 4.59. The largest absolute Gasteiger partial charge is 0.474 e. The predicted molar refractivity (Wildman–Crippen MR) is 86.1 cm³/mol. The summed E-state index contributed by atoms with van der Waals surface area (Å²) >= 11 is 1.73. The van der Waals surface area contributed by atoms with Gasteiger partial charge in [0, 0.05) is 18.1 Å². The lowest BCUT2D eigenvalue weighted by Crippen LogP contribution is -2.05. The Kier molecular flexibility index (Phi) is 6.79. The Morgan fingerprint density at radius 2 is 1.90 bits per heavy atom. The van der Waals surface area contributed by atoms with Gasteiger partial charge in [-0.1, -0.05) is 51.3 Å². The fraction of sp³-hybridized carbons (Fsp3) is 0.667. The minimum absolute atomic E-state index is 0.536. The first-order chi connectivity index (χ1) is 10.4. The predicted octanol–water partition coefficient (Wildman–Crippen LogP) is 3.98. The molecule has 2 heterocycles. The molecule has 116 valence electrons. The molecule has 0 saturated carbocycles. The summed E-state index contributed by atoms with van der Waals surface area (Å²) in [7, 11) is 0. The molecule has 0 atom stereocenters. The molecule has 6 heteroatoms. The molecular weight excluding hydrogens is 284 g/mol. The second-order valence-corrected chi connectivity index (χ2v) is 6.08. The van der Waals surface area contributed by atoms with Crippen LogP contribution in [0.3, 0.4) is 0 Å². The topological polar surface area (TPSA) is 52.3 Å². The Balaban J connectivity index is 2.00. The molecule has 0 unspecified atom stereocenters. The zero-order chi connectivity index (χ0) is 14.9. The minimum atomic E-state index is 0.536. The average molecular weight is 308 g/mol. The third-order valence-corrected chi connectivity index (χ3v) is 4.26. The van der Waals surface area contributed by atoms with Crippen molar-refractivity contribution in [1.29, 1.82) is 0 Å². The Morgan fingerprint density at radius 1 is 1.10 bits per heavy atom. The lowest BCUT2D eigenvalue weighted by Gasteiger charge is -2.08. The molecular formula is C15H24N4OS. The van der Waals surface area contributed by atoms with Crippen LogP contribution in [0.4, 0.5) is 0 Å². The first kappa shape index (κ1) is 16.1. The molecule has 0 N–H and O–H groups in total. The van der Waals surface area contributed by atoms with Crippen molar-refractivity contribution in [3.8, 4) is 5.88 Å². The number of aromatic nitrogens is 4. The molecule has 0 spiro atoms. The highest BCUT2D eigenvalue weighted by atomic mass is 32.2. The van der Waals surface area contributed by atoms with Crippen LogP contribution in [0.25, 0.3) is 5.65 Å². The second-order valence-electron chi connectivity index (χ2n) is 5.02. The maximum Gasteiger partial charge on any atom is 0.277 e. The molecule has 0 aliphatic rings. The van der Waals surface area contributed by atoms with Crippen molar-refractivity contribution in [3.63, 3.8) is 0 Å². The summed E-state index contributed by atoms with van der Waals surface area (Å²) in [5, 5.41) is 9.37. The van der Waals surface area contributed by atoms with Gasteiger partial charge in [0.05, 0.1) is 6.61 Å². The summed E-state index contributed by atoms with van der Waals surface area (Å²) in [6.07, 6.45) is 10.8. The standard InChI is InChI=1S/C15H24N4OS/c1-3-5-7-11-20-14-13-16-9-10-19(13)15(18-17-14)21-12-8-6-4-2/h9-10H,3-8,11-12H2,1-2H3. The van der Waals surface area contributed by atoms with Crippen LogP contribution in [0.2, 0.25) is 0 Å². The Hall–Kier alpha value is -1.30. The summed E-state index contributed by atoms with van der Waals surface area (Å²) in [6, 6.07) is 0. The number of ether oxygens (including phenoxy) is 1. The van der Waals surface area contributed by atoms with Gasteiger partial charge >= 0.3 is 0 Å². The highest BCUT2D eigenvalue weighted by molar-refractivity contribution is 7.99. The van der Waals surface area contributed by atoms with Crippen LogP contribution in [-0.4, -0.2) is 31.9 Å². The van der Waals surface area contributed by atoms with Gasteiger partial charge in [-0.05, 0) is 12.8 Å². The van der Waals surface area contributed by atoms with E-state index < -0.39 is 0 Å². The van der Waals surface area contributed by atoms with Crippen molar-refractivity contribution >= 4 is 17.4 Å². The van der Waals surface area contributed by atoms with Gasteiger partial charge < -0.3 is 4.74 Å². The molecule has 2 aromatic rings. The fourth-order valence-corrected chi connectivity index (χ4v) is 2.94. The lowest BCUT2D eigenvalue weighted by atomic mass is 10.3. The quantitative estimate of drug-likeness (QED) is 0.491. The van der Waals surface area contributed by atoms with Gasteiger partial charge in [0.15, 0.2) is 5.16 Å². The number of fused-ring (bicyclic) bond motifs is 1. The molecule has 0 aliphatic heterocycles. The van der Waals surface area contributed by atoms with Crippen LogP contribution in [0, 0.1) is 0 Å². The molecule has 0 radical (unpaired) electrons. The first-order valence-electron chi connectivity index (χ1n) is 7.82. The molecule has 5 nitrogen and oxygen atoms in total. The highest BCUT2D eigenvalue weighted by Gasteiger charge is 2.11. The average Bonchev–Trinajstić information content (AvgIpc) is 2.99. The number of rotatable bonds is 10. The maximum atomic E-state index is 5.71. The van der Waals surface area contributed by atoms with E-state index in [1.54, 1.807) is 18.0 Å². The Bertz CT molecular complexity index is 497. The van der Waals surface area contributed by atoms with Crippen molar-refractivity contribution in [2.75, 3.05) is 12.4 Å². The second kappa shape index (κ2) is 8.87. The molecule has 0 fully saturated rings. The van der Waals surface area contributed by atoms with Gasteiger partial charge in [-0.2, -0.15) is 0 Å².